The first-order valence-corrected chi connectivity index (χ1v) is 5.58. The third-order valence-corrected chi connectivity index (χ3v) is 2.15. The summed E-state index contributed by atoms with van der Waals surface area (Å²) in [4.78, 5) is 25.7. The second-order valence-corrected chi connectivity index (χ2v) is 4.28. The van der Waals surface area contributed by atoms with E-state index < -0.39 is 0 Å². The van der Waals surface area contributed by atoms with Crippen molar-refractivity contribution in [2.45, 2.75) is 20.8 Å². The lowest BCUT2D eigenvalue weighted by molar-refractivity contribution is -0.123. The third kappa shape index (κ3) is 4.30. The molecule has 1 aromatic heterocycles. The molecule has 0 aliphatic heterocycles. The van der Waals surface area contributed by atoms with Gasteiger partial charge in [0.1, 0.15) is 0 Å². The van der Waals surface area contributed by atoms with Gasteiger partial charge in [0.05, 0.1) is 5.69 Å². The first-order valence-electron chi connectivity index (χ1n) is 5.58. The van der Waals surface area contributed by atoms with E-state index in [1.807, 2.05) is 13.8 Å². The highest BCUT2D eigenvalue weighted by molar-refractivity contribution is 5.77. The largest absolute Gasteiger partial charge is 0.478 e. The van der Waals surface area contributed by atoms with Gasteiger partial charge in [-0.1, -0.05) is 13.8 Å². The van der Waals surface area contributed by atoms with Gasteiger partial charge in [0.2, 0.25) is 5.43 Å². The van der Waals surface area contributed by atoms with Gasteiger partial charge in [-0.15, -0.1) is 0 Å². The van der Waals surface area contributed by atoms with Gasteiger partial charge in [-0.05, 0) is 12.8 Å². The van der Waals surface area contributed by atoms with Crippen molar-refractivity contribution >= 4 is 5.91 Å². The molecule has 0 aliphatic rings. The molecule has 94 valence electrons. The number of pyridine rings is 1. The number of hydrogen-bond donors (Lipinski definition) is 2. The van der Waals surface area contributed by atoms with E-state index in [1.165, 1.54) is 6.07 Å². The highest BCUT2D eigenvalue weighted by Gasteiger charge is 2.08. The number of carbonyl (C=O) groups is 1. The number of aromatic nitrogens is 1. The van der Waals surface area contributed by atoms with Crippen molar-refractivity contribution < 1.29 is 9.53 Å². The number of aromatic amines is 1. The zero-order valence-electron chi connectivity index (χ0n) is 10.4. The molecule has 17 heavy (non-hydrogen) atoms. The van der Waals surface area contributed by atoms with Crippen LogP contribution in [-0.2, 0) is 4.79 Å². The van der Waals surface area contributed by atoms with Gasteiger partial charge in [0.15, 0.2) is 12.4 Å². The van der Waals surface area contributed by atoms with Crippen LogP contribution >= 0.6 is 0 Å². The van der Waals surface area contributed by atoms with Crippen LogP contribution in [0.5, 0.6) is 5.75 Å². The summed E-state index contributed by atoms with van der Waals surface area (Å²) in [6, 6.07) is 1.37. The van der Waals surface area contributed by atoms with Crippen molar-refractivity contribution in [3.05, 3.63) is 28.2 Å². The van der Waals surface area contributed by atoms with E-state index in [2.05, 4.69) is 10.3 Å². The van der Waals surface area contributed by atoms with Crippen LogP contribution in [0.25, 0.3) is 0 Å². The third-order valence-electron chi connectivity index (χ3n) is 2.15. The molecule has 5 heteroatoms. The molecule has 1 aromatic rings. The smallest absolute Gasteiger partial charge is 0.257 e. The van der Waals surface area contributed by atoms with Crippen LogP contribution in [0.3, 0.4) is 0 Å². The summed E-state index contributed by atoms with van der Waals surface area (Å²) in [6.45, 7) is 6.20. The van der Waals surface area contributed by atoms with E-state index in [0.717, 1.165) is 0 Å². The standard InChI is InChI=1S/C12H18N2O3/c1-8(2)6-14-11(16)7-17-12-9(3)13-5-4-10(12)15/h4-5,8H,6-7H2,1-3H3,(H,13,15)(H,14,16). The lowest BCUT2D eigenvalue weighted by Gasteiger charge is -2.09. The molecule has 1 rings (SSSR count). The van der Waals surface area contributed by atoms with E-state index in [1.54, 1.807) is 13.1 Å². The Labute approximate surface area is 100 Å². The van der Waals surface area contributed by atoms with Gasteiger partial charge in [0, 0.05) is 18.8 Å². The molecule has 0 spiro atoms. The molecule has 0 bridgehead atoms. The first-order chi connectivity index (χ1) is 8.00. The Bertz CT molecular complexity index is 438. The minimum Gasteiger partial charge on any atom is -0.478 e. The fourth-order valence-corrected chi connectivity index (χ4v) is 1.25. The van der Waals surface area contributed by atoms with Gasteiger partial charge in [-0.2, -0.15) is 0 Å². The number of carbonyl (C=O) groups excluding carboxylic acids is 1. The van der Waals surface area contributed by atoms with Crippen LogP contribution < -0.4 is 15.5 Å². The van der Waals surface area contributed by atoms with E-state index in [-0.39, 0.29) is 23.7 Å². The van der Waals surface area contributed by atoms with Crippen LogP contribution in [0.1, 0.15) is 19.5 Å². The molecule has 0 saturated carbocycles. The number of hydrogen-bond acceptors (Lipinski definition) is 3. The lowest BCUT2D eigenvalue weighted by atomic mass is 10.2. The Hall–Kier alpha value is -1.78. The number of H-pyrrole nitrogens is 1. The molecule has 0 unspecified atom stereocenters. The number of amides is 1. The normalized spacial score (nSPS) is 10.4. The Morgan fingerprint density at radius 1 is 1.53 bits per heavy atom. The highest BCUT2D eigenvalue weighted by atomic mass is 16.5. The number of rotatable bonds is 5. The van der Waals surface area contributed by atoms with Crippen molar-refractivity contribution in [1.82, 2.24) is 10.3 Å². The van der Waals surface area contributed by atoms with Crippen molar-refractivity contribution in [3.8, 4) is 5.75 Å². The summed E-state index contributed by atoms with van der Waals surface area (Å²) < 4.78 is 5.21. The highest BCUT2D eigenvalue weighted by Crippen LogP contribution is 2.06. The summed E-state index contributed by atoms with van der Waals surface area (Å²) in [5.41, 5.74) is 0.395. The molecule has 0 radical (unpaired) electrons. The number of ether oxygens (including phenoxy) is 1. The van der Waals surface area contributed by atoms with Crippen molar-refractivity contribution in [3.63, 3.8) is 0 Å². The predicted octanol–water partition coefficient (Wildman–Crippen LogP) is 0.834. The fraction of sp³-hybridized carbons (Fsp3) is 0.500. The molecule has 1 amide bonds. The molecule has 0 aromatic carbocycles. The maximum absolute atomic E-state index is 11.4. The molecule has 5 nitrogen and oxygen atoms in total. The van der Waals surface area contributed by atoms with Crippen LogP contribution in [-0.4, -0.2) is 24.0 Å². The predicted molar refractivity (Wildman–Crippen MR) is 65.1 cm³/mol. The molecule has 0 aliphatic carbocycles. The molecule has 2 N–H and O–H groups in total. The summed E-state index contributed by atoms with van der Waals surface area (Å²) in [7, 11) is 0. The average Bonchev–Trinajstić information content (AvgIpc) is 2.25. The summed E-state index contributed by atoms with van der Waals surface area (Å²) in [5, 5.41) is 2.72. The lowest BCUT2D eigenvalue weighted by Crippen LogP contribution is -2.32. The quantitative estimate of drug-likeness (QED) is 0.798. The van der Waals surface area contributed by atoms with Gasteiger partial charge in [0.25, 0.3) is 5.91 Å². The molecule has 0 fully saturated rings. The first kappa shape index (κ1) is 13.3. The fourth-order valence-electron chi connectivity index (χ4n) is 1.25. The van der Waals surface area contributed by atoms with Crippen LogP contribution in [0.15, 0.2) is 17.1 Å². The zero-order chi connectivity index (χ0) is 12.8. The molecular weight excluding hydrogens is 220 g/mol. The van der Waals surface area contributed by atoms with Crippen molar-refractivity contribution in [1.29, 1.82) is 0 Å². The zero-order valence-corrected chi connectivity index (χ0v) is 10.4. The number of nitrogens with one attached hydrogen (secondary N) is 2. The van der Waals surface area contributed by atoms with E-state index in [4.69, 9.17) is 4.74 Å². The van der Waals surface area contributed by atoms with Crippen molar-refractivity contribution in [2.75, 3.05) is 13.2 Å². The van der Waals surface area contributed by atoms with Gasteiger partial charge < -0.3 is 15.0 Å². The molecule has 0 atom stereocenters. The summed E-state index contributed by atoms with van der Waals surface area (Å²) in [5.74, 6) is 0.370. The Morgan fingerprint density at radius 2 is 2.24 bits per heavy atom. The Kier molecular flexibility index (Phi) is 4.75. The Morgan fingerprint density at radius 3 is 2.82 bits per heavy atom. The SMILES string of the molecule is Cc1[nH]ccc(=O)c1OCC(=O)NCC(C)C. The van der Waals surface area contributed by atoms with Gasteiger partial charge in [-0.3, -0.25) is 9.59 Å². The van der Waals surface area contributed by atoms with Crippen molar-refractivity contribution in [2.24, 2.45) is 5.92 Å². The Balaban J connectivity index is 2.51. The maximum atomic E-state index is 11.4. The van der Waals surface area contributed by atoms with E-state index >= 15 is 0 Å². The van der Waals surface area contributed by atoms with Crippen LogP contribution in [0.2, 0.25) is 0 Å². The number of aryl methyl sites for hydroxylation is 1. The molecular formula is C12H18N2O3. The van der Waals surface area contributed by atoms with Crippen LogP contribution in [0, 0.1) is 12.8 Å². The maximum Gasteiger partial charge on any atom is 0.257 e. The summed E-state index contributed by atoms with van der Waals surface area (Å²) in [6.07, 6.45) is 1.55. The van der Waals surface area contributed by atoms with E-state index in [0.29, 0.717) is 18.2 Å². The monoisotopic (exact) mass is 238 g/mol. The second kappa shape index (κ2) is 6.08. The summed E-state index contributed by atoms with van der Waals surface area (Å²) >= 11 is 0. The van der Waals surface area contributed by atoms with Gasteiger partial charge in [-0.25, -0.2) is 0 Å². The van der Waals surface area contributed by atoms with Crippen LogP contribution in [0.4, 0.5) is 0 Å². The second-order valence-electron chi connectivity index (χ2n) is 4.28. The topological polar surface area (TPSA) is 71.2 Å². The average molecular weight is 238 g/mol. The molecule has 1 heterocycles. The molecule has 0 saturated heterocycles. The van der Waals surface area contributed by atoms with E-state index in [9.17, 15) is 9.59 Å². The minimum atomic E-state index is -0.224. The van der Waals surface area contributed by atoms with Gasteiger partial charge >= 0.3 is 0 Å². The minimum absolute atomic E-state index is 0.138.